The fraction of sp³-hybridized carbons (Fsp3) is 0.333. The zero-order valence-corrected chi connectivity index (χ0v) is 24.5. The van der Waals surface area contributed by atoms with E-state index in [9.17, 15) is 14.4 Å². The van der Waals surface area contributed by atoms with Crippen LogP contribution in [0.3, 0.4) is 0 Å². The fourth-order valence-corrected chi connectivity index (χ4v) is 5.05. The van der Waals surface area contributed by atoms with Crippen LogP contribution in [0.25, 0.3) is 5.69 Å². The van der Waals surface area contributed by atoms with Gasteiger partial charge in [-0.1, -0.05) is 50.6 Å². The molecule has 1 fully saturated rings. The van der Waals surface area contributed by atoms with E-state index < -0.39 is 11.7 Å². The Hall–Kier alpha value is -4.66. The predicted molar refractivity (Wildman–Crippen MR) is 162 cm³/mol. The Morgan fingerprint density at radius 3 is 2.26 bits per heavy atom. The number of carbonyl (C=O) groups is 3. The molecule has 0 aliphatic carbocycles. The maximum absolute atomic E-state index is 13.0. The van der Waals surface area contributed by atoms with Gasteiger partial charge < -0.3 is 14.6 Å². The number of hydrogen-bond acceptors (Lipinski definition) is 5. The molecule has 218 valence electrons. The van der Waals surface area contributed by atoms with E-state index in [1.54, 1.807) is 15.6 Å². The van der Waals surface area contributed by atoms with Crippen molar-refractivity contribution in [1.29, 1.82) is 0 Å². The molecule has 1 saturated heterocycles. The number of urea groups is 1. The van der Waals surface area contributed by atoms with Crippen LogP contribution >= 0.6 is 0 Å². The van der Waals surface area contributed by atoms with Crippen molar-refractivity contribution in [1.82, 2.24) is 14.7 Å². The van der Waals surface area contributed by atoms with Crippen molar-refractivity contribution in [3.63, 3.8) is 0 Å². The van der Waals surface area contributed by atoms with E-state index in [4.69, 9.17) is 9.52 Å². The Bertz CT molecular complexity index is 1540. The number of hydrogen-bond donors (Lipinski definition) is 2. The molecule has 0 bridgehead atoms. The van der Waals surface area contributed by atoms with Gasteiger partial charge in [0.15, 0.2) is 5.76 Å². The summed E-state index contributed by atoms with van der Waals surface area (Å²) in [5.41, 5.74) is 4.56. The summed E-state index contributed by atoms with van der Waals surface area (Å²) < 4.78 is 6.84. The molecule has 0 unspecified atom stereocenters. The average molecular weight is 568 g/mol. The van der Waals surface area contributed by atoms with Crippen molar-refractivity contribution in [2.24, 2.45) is 5.92 Å². The molecule has 9 heteroatoms. The number of carbonyl (C=O) groups excluding carboxylic acids is 3. The van der Waals surface area contributed by atoms with Crippen LogP contribution in [0.15, 0.2) is 77.4 Å². The van der Waals surface area contributed by atoms with E-state index in [2.05, 4.69) is 31.4 Å². The van der Waals surface area contributed by atoms with Gasteiger partial charge in [0.2, 0.25) is 0 Å². The average Bonchev–Trinajstić information content (AvgIpc) is 3.65. The van der Waals surface area contributed by atoms with Crippen molar-refractivity contribution >= 4 is 29.2 Å². The molecule has 2 aromatic carbocycles. The number of aryl methyl sites for hydroxylation is 1. The Morgan fingerprint density at radius 1 is 0.952 bits per heavy atom. The number of likely N-dealkylation sites (tertiary alicyclic amines) is 1. The van der Waals surface area contributed by atoms with Crippen LogP contribution in [0.5, 0.6) is 0 Å². The predicted octanol–water partition coefficient (Wildman–Crippen LogP) is 6.38. The normalized spacial score (nSPS) is 14.0. The molecule has 1 aliphatic heterocycles. The summed E-state index contributed by atoms with van der Waals surface area (Å²) >= 11 is 0. The summed E-state index contributed by atoms with van der Waals surface area (Å²) in [6.07, 6.45) is 3.91. The number of anilines is 2. The smallest absolute Gasteiger partial charge is 0.324 e. The molecule has 5 rings (SSSR count). The Morgan fingerprint density at radius 2 is 1.64 bits per heavy atom. The molecule has 2 N–H and O–H groups in total. The number of piperidine rings is 1. The number of ketones is 1. The van der Waals surface area contributed by atoms with Gasteiger partial charge in [0.05, 0.1) is 17.6 Å². The van der Waals surface area contributed by atoms with Crippen LogP contribution in [-0.2, 0) is 16.6 Å². The minimum absolute atomic E-state index is 0.0797. The number of Topliss-reactive ketones (excluding diaryl/α,β-unsaturated/α-hetero) is 1. The first-order valence-corrected chi connectivity index (χ1v) is 14.3. The standard InChI is InChI=1S/C33H37N5O4/c1-22-7-13-26(14-8-22)38-29(21-28(36-38)33(2,3)4)35-32(41)34-25-11-9-23(10-12-25)20-24-15-17-37(18-16-24)31(40)30(39)27-6-5-19-42-27/h5-14,19,21,24H,15-18,20H2,1-4H3,(H2,34,35,41). The number of nitrogens with one attached hydrogen (secondary N) is 2. The number of nitrogens with zero attached hydrogens (tertiary/aromatic N) is 3. The SMILES string of the molecule is Cc1ccc(-n2nc(C(C)(C)C)cc2NC(=O)Nc2ccc(CC3CCN(C(=O)C(=O)c4ccco4)CC3)cc2)cc1. The van der Waals surface area contributed by atoms with Gasteiger partial charge in [0.1, 0.15) is 5.82 Å². The van der Waals surface area contributed by atoms with Crippen LogP contribution in [0.2, 0.25) is 0 Å². The molecule has 3 heterocycles. The molecular formula is C33H37N5O4. The third kappa shape index (κ3) is 6.79. The van der Waals surface area contributed by atoms with Crippen LogP contribution in [0, 0.1) is 12.8 Å². The number of benzene rings is 2. The lowest BCUT2D eigenvalue weighted by Gasteiger charge is -2.31. The third-order valence-corrected chi connectivity index (χ3v) is 7.58. The van der Waals surface area contributed by atoms with Gasteiger partial charge >= 0.3 is 6.03 Å². The van der Waals surface area contributed by atoms with Crippen molar-refractivity contribution in [2.45, 2.75) is 52.4 Å². The Kier molecular flexibility index (Phi) is 8.29. The molecule has 1 aliphatic rings. The zero-order chi connectivity index (χ0) is 29.9. The molecule has 0 spiro atoms. The highest BCUT2D eigenvalue weighted by atomic mass is 16.3. The van der Waals surface area contributed by atoms with Crippen molar-refractivity contribution in [3.05, 3.63) is 95.6 Å². The largest absolute Gasteiger partial charge is 0.461 e. The first-order valence-electron chi connectivity index (χ1n) is 14.3. The van der Waals surface area contributed by atoms with E-state index >= 15 is 0 Å². The summed E-state index contributed by atoms with van der Waals surface area (Å²) in [4.78, 5) is 39.4. The second kappa shape index (κ2) is 12.1. The van der Waals surface area contributed by atoms with Crippen LogP contribution in [0.4, 0.5) is 16.3 Å². The highest BCUT2D eigenvalue weighted by molar-refractivity contribution is 6.41. The number of furan rings is 1. The summed E-state index contributed by atoms with van der Waals surface area (Å²) in [6.45, 7) is 9.40. The van der Waals surface area contributed by atoms with Gasteiger partial charge in [0.25, 0.3) is 11.7 Å². The molecule has 3 amide bonds. The molecule has 0 radical (unpaired) electrons. The van der Waals surface area contributed by atoms with Gasteiger partial charge in [-0.15, -0.1) is 0 Å². The first kappa shape index (κ1) is 28.9. The number of amides is 3. The van der Waals surface area contributed by atoms with Gasteiger partial charge in [-0.2, -0.15) is 5.10 Å². The second-order valence-electron chi connectivity index (χ2n) is 11.9. The van der Waals surface area contributed by atoms with Gasteiger partial charge in [-0.25, -0.2) is 9.48 Å². The lowest BCUT2D eigenvalue weighted by molar-refractivity contribution is -0.127. The Balaban J connectivity index is 1.15. The molecule has 4 aromatic rings. The summed E-state index contributed by atoms with van der Waals surface area (Å²) in [5.74, 6) is -0.0212. The van der Waals surface area contributed by atoms with Gasteiger partial charge in [0, 0.05) is 30.3 Å². The number of rotatable bonds is 7. The summed E-state index contributed by atoms with van der Waals surface area (Å²) in [7, 11) is 0. The summed E-state index contributed by atoms with van der Waals surface area (Å²) in [6, 6.07) is 20.5. The second-order valence-corrected chi connectivity index (χ2v) is 11.9. The molecular weight excluding hydrogens is 530 g/mol. The van der Waals surface area contributed by atoms with Crippen LogP contribution in [0.1, 0.15) is 61.0 Å². The maximum Gasteiger partial charge on any atom is 0.324 e. The van der Waals surface area contributed by atoms with Crippen molar-refractivity contribution in [3.8, 4) is 5.69 Å². The highest BCUT2D eigenvalue weighted by Crippen LogP contribution is 2.27. The molecule has 9 nitrogen and oxygen atoms in total. The maximum atomic E-state index is 13.0. The summed E-state index contributed by atoms with van der Waals surface area (Å²) in [5, 5.41) is 10.7. The molecule has 0 saturated carbocycles. The monoisotopic (exact) mass is 567 g/mol. The molecule has 2 aromatic heterocycles. The quantitative estimate of drug-likeness (QED) is 0.199. The number of aromatic nitrogens is 2. The van der Waals surface area contributed by atoms with Crippen LogP contribution < -0.4 is 10.6 Å². The lowest BCUT2D eigenvalue weighted by Crippen LogP contribution is -2.42. The van der Waals surface area contributed by atoms with E-state index in [1.807, 2.05) is 61.5 Å². The lowest BCUT2D eigenvalue weighted by atomic mass is 9.90. The van der Waals surface area contributed by atoms with E-state index in [-0.39, 0.29) is 17.2 Å². The third-order valence-electron chi connectivity index (χ3n) is 7.58. The molecule has 0 atom stereocenters. The zero-order valence-electron chi connectivity index (χ0n) is 24.5. The van der Waals surface area contributed by atoms with Crippen molar-refractivity contribution in [2.75, 3.05) is 23.7 Å². The van der Waals surface area contributed by atoms with Crippen molar-refractivity contribution < 1.29 is 18.8 Å². The highest BCUT2D eigenvalue weighted by Gasteiger charge is 2.29. The minimum Gasteiger partial charge on any atom is -0.461 e. The minimum atomic E-state index is -0.597. The molecule has 42 heavy (non-hydrogen) atoms. The topological polar surface area (TPSA) is 109 Å². The Labute approximate surface area is 245 Å². The van der Waals surface area contributed by atoms with Gasteiger partial charge in [-0.05, 0) is 74.1 Å². The fourth-order valence-electron chi connectivity index (χ4n) is 5.05. The van der Waals surface area contributed by atoms with E-state index in [0.717, 1.165) is 41.8 Å². The van der Waals surface area contributed by atoms with Gasteiger partial charge in [-0.3, -0.25) is 14.9 Å². The van der Waals surface area contributed by atoms with Crippen LogP contribution in [-0.4, -0.2) is 45.5 Å². The van der Waals surface area contributed by atoms with E-state index in [0.29, 0.717) is 30.5 Å². The first-order chi connectivity index (χ1) is 20.1. The van der Waals surface area contributed by atoms with E-state index in [1.165, 1.54) is 12.3 Å².